The fourth-order valence-corrected chi connectivity index (χ4v) is 3.71. The predicted molar refractivity (Wildman–Crippen MR) is 129 cm³/mol. The molecular weight excluding hydrogens is 416 g/mol. The highest BCUT2D eigenvalue weighted by atomic mass is 16.7. The van der Waals surface area contributed by atoms with Crippen molar-refractivity contribution in [3.05, 3.63) is 84.0 Å². The number of carbonyl (C=O) groups excluding carboxylic acids is 1. The molecule has 0 spiro atoms. The fourth-order valence-electron chi connectivity index (χ4n) is 3.71. The van der Waals surface area contributed by atoms with Crippen LogP contribution in [0.3, 0.4) is 0 Å². The minimum atomic E-state index is -0.673. The number of hydrogen-bond donors (Lipinski definition) is 0. The van der Waals surface area contributed by atoms with Gasteiger partial charge in [0.1, 0.15) is 0 Å². The molecule has 33 heavy (non-hydrogen) atoms. The Bertz CT molecular complexity index is 919. The summed E-state index contributed by atoms with van der Waals surface area (Å²) in [6, 6.07) is 15.6. The first-order chi connectivity index (χ1) is 16.2. The van der Waals surface area contributed by atoms with Crippen molar-refractivity contribution in [2.24, 2.45) is 0 Å². The number of benzene rings is 2. The standard InChI is InChI=1S/C28H34O5/c1-22(33-28(29)27(30-2)24-16-12-9-13-17-24)14-10-7-5-3-4-6-8-11-15-23-18-19-25-26(20-23)32-21-31-25/h3-4,6,8-9,12-13,16-20,22,27H,5,7,10-11,14-15,21H2,1-2H3/b4-3+,8-6+/t22-,27-/m0/s1. The molecule has 0 radical (unpaired) electrons. The van der Waals surface area contributed by atoms with Crippen molar-refractivity contribution in [1.29, 1.82) is 0 Å². The molecule has 2 aromatic rings. The summed E-state index contributed by atoms with van der Waals surface area (Å²) in [5.41, 5.74) is 2.06. The normalized spacial score (nSPS) is 14.6. The Morgan fingerprint density at radius 1 is 1.00 bits per heavy atom. The minimum Gasteiger partial charge on any atom is -0.460 e. The highest BCUT2D eigenvalue weighted by Crippen LogP contribution is 2.32. The van der Waals surface area contributed by atoms with Crippen molar-refractivity contribution < 1.29 is 23.7 Å². The SMILES string of the molecule is CO[C@H](C(=O)O[C@@H](C)CCCC/C=C/C=C/CCc1ccc2c(c1)OCO2)c1ccccc1. The molecule has 0 unspecified atom stereocenters. The average molecular weight is 451 g/mol. The van der Waals surface area contributed by atoms with Gasteiger partial charge in [-0.1, -0.05) is 60.7 Å². The molecule has 176 valence electrons. The predicted octanol–water partition coefficient (Wildman–Crippen LogP) is 6.34. The molecule has 5 nitrogen and oxygen atoms in total. The molecular formula is C28H34O5. The van der Waals surface area contributed by atoms with Gasteiger partial charge in [0.05, 0.1) is 6.10 Å². The van der Waals surface area contributed by atoms with Crippen molar-refractivity contribution in [2.75, 3.05) is 13.9 Å². The maximum Gasteiger partial charge on any atom is 0.340 e. The van der Waals surface area contributed by atoms with Crippen molar-refractivity contribution in [3.8, 4) is 11.5 Å². The van der Waals surface area contributed by atoms with E-state index in [1.807, 2.05) is 43.3 Å². The highest BCUT2D eigenvalue weighted by Gasteiger charge is 2.23. The summed E-state index contributed by atoms with van der Waals surface area (Å²) < 4.78 is 21.7. The second kappa shape index (κ2) is 13.5. The maximum absolute atomic E-state index is 12.4. The van der Waals surface area contributed by atoms with Crippen LogP contribution in [0.25, 0.3) is 0 Å². The van der Waals surface area contributed by atoms with Gasteiger partial charge >= 0.3 is 5.97 Å². The van der Waals surface area contributed by atoms with Crippen LogP contribution in [0.1, 0.15) is 56.3 Å². The van der Waals surface area contributed by atoms with Crippen LogP contribution in [0, 0.1) is 0 Å². The van der Waals surface area contributed by atoms with E-state index in [0.717, 1.165) is 55.6 Å². The Morgan fingerprint density at radius 2 is 1.76 bits per heavy atom. The molecule has 0 amide bonds. The number of esters is 1. The minimum absolute atomic E-state index is 0.126. The molecule has 0 bridgehead atoms. The van der Waals surface area contributed by atoms with Crippen molar-refractivity contribution in [1.82, 2.24) is 0 Å². The van der Waals surface area contributed by atoms with Gasteiger partial charge in [-0.05, 0) is 68.7 Å². The van der Waals surface area contributed by atoms with Crippen LogP contribution < -0.4 is 9.47 Å². The lowest BCUT2D eigenvalue weighted by Gasteiger charge is -2.18. The number of allylic oxidation sites excluding steroid dienone is 4. The Balaban J connectivity index is 1.25. The van der Waals surface area contributed by atoms with Gasteiger partial charge in [0, 0.05) is 7.11 Å². The number of ether oxygens (including phenoxy) is 4. The van der Waals surface area contributed by atoms with Crippen LogP contribution in [-0.2, 0) is 20.7 Å². The molecule has 1 aliphatic heterocycles. The van der Waals surface area contributed by atoms with Crippen LogP contribution in [0.5, 0.6) is 11.5 Å². The smallest absolute Gasteiger partial charge is 0.340 e. The van der Waals surface area contributed by atoms with Gasteiger partial charge in [0.2, 0.25) is 6.79 Å². The second-order valence-electron chi connectivity index (χ2n) is 8.14. The summed E-state index contributed by atoms with van der Waals surface area (Å²) in [4.78, 5) is 12.4. The Morgan fingerprint density at radius 3 is 2.55 bits per heavy atom. The lowest BCUT2D eigenvalue weighted by atomic mass is 10.1. The molecule has 0 aromatic heterocycles. The molecule has 1 heterocycles. The zero-order valence-electron chi connectivity index (χ0n) is 19.6. The van der Waals surface area contributed by atoms with Crippen LogP contribution in [0.4, 0.5) is 0 Å². The van der Waals surface area contributed by atoms with E-state index in [1.54, 1.807) is 0 Å². The number of methoxy groups -OCH3 is 1. The number of aryl methyl sites for hydroxylation is 1. The number of carbonyl (C=O) groups is 1. The Kier molecular flexibility index (Phi) is 10.0. The first-order valence-corrected chi connectivity index (χ1v) is 11.7. The Hall–Kier alpha value is -3.05. The van der Waals surface area contributed by atoms with Gasteiger partial charge < -0.3 is 18.9 Å². The molecule has 0 aliphatic carbocycles. The topological polar surface area (TPSA) is 54.0 Å². The lowest BCUT2D eigenvalue weighted by Crippen LogP contribution is -2.22. The third kappa shape index (κ3) is 8.10. The monoisotopic (exact) mass is 450 g/mol. The van der Waals surface area contributed by atoms with Crippen molar-refractivity contribution in [2.45, 2.75) is 57.7 Å². The van der Waals surface area contributed by atoms with E-state index in [0.29, 0.717) is 6.79 Å². The molecule has 0 N–H and O–H groups in total. The van der Waals surface area contributed by atoms with E-state index in [2.05, 4.69) is 36.4 Å². The van der Waals surface area contributed by atoms with Crippen molar-refractivity contribution >= 4 is 5.97 Å². The number of rotatable bonds is 13. The Labute approximate surface area is 197 Å². The van der Waals surface area contributed by atoms with Gasteiger partial charge in [-0.25, -0.2) is 4.79 Å². The first-order valence-electron chi connectivity index (χ1n) is 11.7. The summed E-state index contributed by atoms with van der Waals surface area (Å²) in [5, 5.41) is 0. The van der Waals surface area contributed by atoms with Gasteiger partial charge in [-0.3, -0.25) is 0 Å². The summed E-state index contributed by atoms with van der Waals surface area (Å²) in [6.45, 7) is 2.25. The largest absolute Gasteiger partial charge is 0.460 e. The molecule has 2 atom stereocenters. The van der Waals surface area contributed by atoms with Gasteiger partial charge in [0.25, 0.3) is 0 Å². The zero-order chi connectivity index (χ0) is 23.3. The molecule has 0 saturated heterocycles. The van der Waals surface area contributed by atoms with Crippen LogP contribution in [0.15, 0.2) is 72.8 Å². The summed E-state index contributed by atoms with van der Waals surface area (Å²) in [6.07, 6.45) is 13.7. The van der Waals surface area contributed by atoms with Gasteiger partial charge in [0.15, 0.2) is 17.6 Å². The molecule has 0 fully saturated rings. The zero-order valence-corrected chi connectivity index (χ0v) is 19.6. The molecule has 3 rings (SSSR count). The van der Waals surface area contributed by atoms with E-state index < -0.39 is 6.10 Å². The molecule has 2 aromatic carbocycles. The quantitative estimate of drug-likeness (QED) is 0.202. The van der Waals surface area contributed by atoms with Gasteiger partial charge in [-0.2, -0.15) is 0 Å². The summed E-state index contributed by atoms with van der Waals surface area (Å²) >= 11 is 0. The van der Waals surface area contributed by atoms with Crippen LogP contribution in [-0.4, -0.2) is 26.0 Å². The van der Waals surface area contributed by atoms with Crippen LogP contribution in [0.2, 0.25) is 0 Å². The maximum atomic E-state index is 12.4. The average Bonchev–Trinajstić information content (AvgIpc) is 3.29. The van der Waals surface area contributed by atoms with E-state index in [-0.39, 0.29) is 12.1 Å². The molecule has 1 aliphatic rings. The first kappa shape index (κ1) is 24.6. The van der Waals surface area contributed by atoms with Crippen LogP contribution >= 0.6 is 0 Å². The van der Waals surface area contributed by atoms with E-state index in [4.69, 9.17) is 18.9 Å². The third-order valence-electron chi connectivity index (χ3n) is 5.52. The van der Waals surface area contributed by atoms with E-state index >= 15 is 0 Å². The fraction of sp³-hybridized carbons (Fsp3) is 0.393. The summed E-state index contributed by atoms with van der Waals surface area (Å²) in [5.74, 6) is 1.34. The summed E-state index contributed by atoms with van der Waals surface area (Å²) in [7, 11) is 1.53. The van der Waals surface area contributed by atoms with E-state index in [1.165, 1.54) is 12.7 Å². The van der Waals surface area contributed by atoms with Gasteiger partial charge in [-0.15, -0.1) is 0 Å². The number of unbranched alkanes of at least 4 members (excludes halogenated alkanes) is 2. The second-order valence-corrected chi connectivity index (χ2v) is 8.14. The highest BCUT2D eigenvalue weighted by molar-refractivity contribution is 5.76. The third-order valence-corrected chi connectivity index (χ3v) is 5.52. The molecule has 5 heteroatoms. The van der Waals surface area contributed by atoms with E-state index in [9.17, 15) is 4.79 Å². The molecule has 0 saturated carbocycles. The number of fused-ring (bicyclic) bond motifs is 1. The number of hydrogen-bond acceptors (Lipinski definition) is 5. The lowest BCUT2D eigenvalue weighted by molar-refractivity contribution is -0.161. The van der Waals surface area contributed by atoms with Crippen molar-refractivity contribution in [3.63, 3.8) is 0 Å².